The minimum atomic E-state index is -1.92. The highest BCUT2D eigenvalue weighted by Gasteiger charge is 2.39. The van der Waals surface area contributed by atoms with Gasteiger partial charge in [0.05, 0.1) is 6.61 Å². The van der Waals surface area contributed by atoms with E-state index in [0.29, 0.717) is 12.2 Å². The van der Waals surface area contributed by atoms with Gasteiger partial charge in [0.1, 0.15) is 17.1 Å². The maximum atomic E-state index is 12.1. The molecule has 0 saturated carbocycles. The molecule has 3 rings (SSSR count). The van der Waals surface area contributed by atoms with E-state index in [1.54, 1.807) is 0 Å². The van der Waals surface area contributed by atoms with Gasteiger partial charge in [-0.05, 0) is 63.0 Å². The Morgan fingerprint density at radius 2 is 2.03 bits per heavy atom. The van der Waals surface area contributed by atoms with Crippen LogP contribution >= 0.6 is 0 Å². The number of aryl methyl sites for hydroxylation is 1. The molecule has 0 aliphatic heterocycles. The van der Waals surface area contributed by atoms with Crippen molar-refractivity contribution in [2.24, 2.45) is 0 Å². The second-order valence-corrected chi connectivity index (χ2v) is 14.3. The first kappa shape index (κ1) is 21.7. The molecule has 0 spiro atoms. The average Bonchev–Trinajstić information content (AvgIpc) is 2.99. The number of hydrogen-bond donors (Lipinski definition) is 0. The fourth-order valence-electron chi connectivity index (χ4n) is 3.66. The summed E-state index contributed by atoms with van der Waals surface area (Å²) in [4.78, 5) is 12.1. The van der Waals surface area contributed by atoms with Crippen molar-refractivity contribution < 1.29 is 18.4 Å². The van der Waals surface area contributed by atoms with Gasteiger partial charge < -0.3 is 13.6 Å². The van der Waals surface area contributed by atoms with Crippen LogP contribution in [0.3, 0.4) is 0 Å². The van der Waals surface area contributed by atoms with Gasteiger partial charge in [-0.2, -0.15) is 0 Å². The normalized spacial score (nSPS) is 17.9. The van der Waals surface area contributed by atoms with Crippen molar-refractivity contribution in [3.63, 3.8) is 0 Å². The lowest BCUT2D eigenvalue weighted by molar-refractivity contribution is -0.138. The van der Waals surface area contributed by atoms with Crippen LogP contribution in [-0.4, -0.2) is 20.9 Å². The van der Waals surface area contributed by atoms with Crippen LogP contribution in [-0.2, 0) is 16.0 Å². The largest absolute Gasteiger partial charge is 0.543 e. The summed E-state index contributed by atoms with van der Waals surface area (Å²) in [6.45, 7) is 15.3. The van der Waals surface area contributed by atoms with E-state index in [4.69, 9.17) is 13.6 Å². The first-order valence-corrected chi connectivity index (χ1v) is 13.5. The first-order valence-electron chi connectivity index (χ1n) is 10.6. The summed E-state index contributed by atoms with van der Waals surface area (Å²) in [6, 6.07) is 6.17. The Kier molecular flexibility index (Phi) is 6.00. The van der Waals surface area contributed by atoms with Crippen LogP contribution in [0.5, 0.6) is 5.75 Å². The minimum Gasteiger partial charge on any atom is -0.543 e. The maximum Gasteiger partial charge on any atom is 0.333 e. The van der Waals surface area contributed by atoms with E-state index in [9.17, 15) is 4.79 Å². The summed E-state index contributed by atoms with van der Waals surface area (Å²) >= 11 is 0. The predicted molar refractivity (Wildman–Crippen MR) is 120 cm³/mol. The molecule has 1 atom stereocenters. The van der Waals surface area contributed by atoms with Crippen LogP contribution in [0.25, 0.3) is 11.0 Å². The zero-order chi connectivity index (χ0) is 21.4. The number of allylic oxidation sites excluding steroid dienone is 1. The Morgan fingerprint density at radius 3 is 2.69 bits per heavy atom. The topological polar surface area (TPSA) is 48.7 Å². The van der Waals surface area contributed by atoms with Crippen molar-refractivity contribution in [3.05, 3.63) is 41.2 Å². The quantitative estimate of drug-likeness (QED) is 0.308. The standard InChI is InChI=1S/C24H34O4Si/c1-8-26-23(25)16(2)14-17-10-9-11-21-22(17)19-15-18(12-13-20(19)27-21)28-29(6,7)24(3,4)5/h12-15,17H,8-11H2,1-7H3/b16-14+. The van der Waals surface area contributed by atoms with Gasteiger partial charge in [-0.25, -0.2) is 4.79 Å². The van der Waals surface area contributed by atoms with E-state index >= 15 is 0 Å². The van der Waals surface area contributed by atoms with Crippen LogP contribution in [0.15, 0.2) is 34.3 Å². The zero-order valence-corrected chi connectivity index (χ0v) is 19.8. The van der Waals surface area contributed by atoms with Crippen molar-refractivity contribution in [3.8, 4) is 5.75 Å². The molecule has 158 valence electrons. The molecule has 0 saturated heterocycles. The Hall–Kier alpha value is -2.01. The molecule has 5 heteroatoms. The summed E-state index contributed by atoms with van der Waals surface area (Å²) < 4.78 is 17.9. The third-order valence-corrected chi connectivity index (χ3v) is 10.7. The number of hydrogen-bond acceptors (Lipinski definition) is 4. The zero-order valence-electron chi connectivity index (χ0n) is 18.8. The van der Waals surface area contributed by atoms with Gasteiger partial charge >= 0.3 is 5.97 Å². The van der Waals surface area contributed by atoms with E-state index in [2.05, 4.69) is 39.9 Å². The molecule has 0 radical (unpaired) electrons. The van der Waals surface area contributed by atoms with Crippen LogP contribution < -0.4 is 4.43 Å². The second kappa shape index (κ2) is 8.02. The van der Waals surface area contributed by atoms with Gasteiger partial charge in [0.25, 0.3) is 0 Å². The van der Waals surface area contributed by atoms with Crippen molar-refractivity contribution in [1.29, 1.82) is 0 Å². The number of ether oxygens (including phenoxy) is 1. The maximum absolute atomic E-state index is 12.1. The van der Waals surface area contributed by atoms with Crippen molar-refractivity contribution in [2.45, 2.75) is 77.9 Å². The summed E-state index contributed by atoms with van der Waals surface area (Å²) in [7, 11) is -1.92. The summed E-state index contributed by atoms with van der Waals surface area (Å²) in [5, 5.41) is 1.24. The Bertz CT molecular complexity index is 930. The first-order chi connectivity index (χ1) is 13.5. The van der Waals surface area contributed by atoms with E-state index in [-0.39, 0.29) is 16.9 Å². The van der Waals surface area contributed by atoms with Crippen LogP contribution in [0.2, 0.25) is 18.1 Å². The highest BCUT2D eigenvalue weighted by molar-refractivity contribution is 6.74. The molecule has 0 fully saturated rings. The van der Waals surface area contributed by atoms with Gasteiger partial charge in [0, 0.05) is 28.9 Å². The van der Waals surface area contributed by atoms with Crippen molar-refractivity contribution in [2.75, 3.05) is 6.61 Å². The number of fused-ring (bicyclic) bond motifs is 3. The van der Waals surface area contributed by atoms with Crippen molar-refractivity contribution >= 4 is 25.3 Å². The molecule has 1 heterocycles. The number of esters is 1. The third-order valence-electron chi connectivity index (χ3n) is 6.29. The SMILES string of the molecule is CCOC(=O)/C(C)=C/C1CCCc2oc3ccc(O[Si](C)(C)C(C)(C)C)cc3c21. The molecule has 0 N–H and O–H groups in total. The van der Waals surface area contributed by atoms with E-state index in [1.807, 2.05) is 32.1 Å². The highest BCUT2D eigenvalue weighted by atomic mass is 28.4. The molecular formula is C24H34O4Si. The molecule has 2 aromatic rings. The smallest absolute Gasteiger partial charge is 0.333 e. The summed E-state index contributed by atoms with van der Waals surface area (Å²) in [6.07, 6.45) is 5.04. The van der Waals surface area contributed by atoms with Gasteiger partial charge in [-0.1, -0.05) is 26.8 Å². The van der Waals surface area contributed by atoms with E-state index in [1.165, 1.54) is 5.56 Å². The predicted octanol–water partition coefficient (Wildman–Crippen LogP) is 6.75. The Labute approximate surface area is 175 Å². The number of rotatable bonds is 5. The lowest BCUT2D eigenvalue weighted by atomic mass is 9.84. The molecule has 1 aliphatic rings. The summed E-state index contributed by atoms with van der Waals surface area (Å²) in [5.41, 5.74) is 2.76. The average molecular weight is 415 g/mol. The van der Waals surface area contributed by atoms with Gasteiger partial charge in [-0.3, -0.25) is 0 Å². The summed E-state index contributed by atoms with van der Waals surface area (Å²) in [5.74, 6) is 1.86. The number of carbonyl (C=O) groups excluding carboxylic acids is 1. The monoisotopic (exact) mass is 414 g/mol. The van der Waals surface area contributed by atoms with Crippen LogP contribution in [0.4, 0.5) is 0 Å². The number of carbonyl (C=O) groups is 1. The minimum absolute atomic E-state index is 0.139. The lowest BCUT2D eigenvalue weighted by Crippen LogP contribution is -2.43. The molecule has 0 bridgehead atoms. The molecule has 1 aromatic carbocycles. The Balaban J connectivity index is 2.00. The molecule has 1 aliphatic carbocycles. The molecule has 4 nitrogen and oxygen atoms in total. The molecular weight excluding hydrogens is 380 g/mol. The third kappa shape index (κ3) is 4.45. The molecule has 1 aromatic heterocycles. The fourth-order valence-corrected chi connectivity index (χ4v) is 4.68. The molecule has 1 unspecified atom stereocenters. The number of benzene rings is 1. The van der Waals surface area contributed by atoms with Gasteiger partial charge in [-0.15, -0.1) is 0 Å². The highest BCUT2D eigenvalue weighted by Crippen LogP contribution is 2.43. The van der Waals surface area contributed by atoms with Gasteiger partial charge in [0.2, 0.25) is 8.32 Å². The van der Waals surface area contributed by atoms with Crippen LogP contribution in [0.1, 0.15) is 64.7 Å². The molecule has 0 amide bonds. The van der Waals surface area contributed by atoms with Crippen molar-refractivity contribution in [1.82, 2.24) is 0 Å². The van der Waals surface area contributed by atoms with E-state index in [0.717, 1.165) is 41.7 Å². The molecule has 29 heavy (non-hydrogen) atoms. The number of furan rings is 1. The fraction of sp³-hybridized carbons (Fsp3) is 0.542. The lowest BCUT2D eigenvalue weighted by Gasteiger charge is -2.36. The van der Waals surface area contributed by atoms with Crippen LogP contribution in [0, 0.1) is 0 Å². The van der Waals surface area contributed by atoms with E-state index < -0.39 is 8.32 Å². The Morgan fingerprint density at radius 1 is 1.31 bits per heavy atom. The van der Waals surface area contributed by atoms with Gasteiger partial charge in [0.15, 0.2) is 0 Å². The second-order valence-electron chi connectivity index (χ2n) is 9.53.